The minimum absolute atomic E-state index is 0.0157. The van der Waals surface area contributed by atoms with Gasteiger partial charge in [0.2, 0.25) is 5.91 Å². The van der Waals surface area contributed by atoms with Gasteiger partial charge in [-0.05, 0) is 37.1 Å². The van der Waals surface area contributed by atoms with Gasteiger partial charge in [-0.25, -0.2) is 15.0 Å². The van der Waals surface area contributed by atoms with Crippen molar-refractivity contribution < 1.29 is 4.79 Å². The molecule has 3 heterocycles. The number of nitrogens with zero attached hydrogens (tertiary/aromatic N) is 4. The van der Waals surface area contributed by atoms with Crippen molar-refractivity contribution in [3.63, 3.8) is 0 Å². The highest BCUT2D eigenvalue weighted by Crippen LogP contribution is 2.26. The second kappa shape index (κ2) is 6.68. The number of hydrogen-bond acceptors (Lipinski definition) is 5. The predicted octanol–water partition coefficient (Wildman–Crippen LogP) is 2.86. The van der Waals surface area contributed by atoms with Crippen molar-refractivity contribution in [2.24, 2.45) is 5.92 Å². The standard InChI is InChI=1S/C17H17ClN6O/c18-12-3-5-13(6-4-12)23-17(25)11-2-1-7-24(8-11)16-14-15(20-9-19-14)21-10-22-16/h3-6,9-11H,1-2,7-8H2,(H,23,25)(H,19,20,21,22)/t11-/m0/s1. The number of nitrogens with one attached hydrogen (secondary N) is 2. The summed E-state index contributed by atoms with van der Waals surface area (Å²) in [4.78, 5) is 30.5. The van der Waals surface area contributed by atoms with E-state index in [1.54, 1.807) is 30.6 Å². The van der Waals surface area contributed by atoms with Crippen LogP contribution in [0.2, 0.25) is 5.02 Å². The van der Waals surface area contributed by atoms with Crippen LogP contribution in [0, 0.1) is 5.92 Å². The summed E-state index contributed by atoms with van der Waals surface area (Å²) in [6.45, 7) is 1.47. The average Bonchev–Trinajstić information content (AvgIpc) is 3.12. The maximum atomic E-state index is 12.6. The first kappa shape index (κ1) is 15.8. The Kier molecular flexibility index (Phi) is 4.23. The molecule has 1 amide bonds. The monoisotopic (exact) mass is 356 g/mol. The molecule has 1 aromatic carbocycles. The molecule has 128 valence electrons. The summed E-state index contributed by atoms with van der Waals surface area (Å²) in [5.74, 6) is 0.714. The van der Waals surface area contributed by atoms with Gasteiger partial charge in [0, 0.05) is 23.8 Å². The lowest BCUT2D eigenvalue weighted by Gasteiger charge is -2.32. The number of benzene rings is 1. The van der Waals surface area contributed by atoms with Gasteiger partial charge in [-0.1, -0.05) is 11.6 Å². The number of imidazole rings is 1. The lowest BCUT2D eigenvalue weighted by atomic mass is 9.97. The highest BCUT2D eigenvalue weighted by molar-refractivity contribution is 6.30. The average molecular weight is 357 g/mol. The zero-order valence-corrected chi connectivity index (χ0v) is 14.2. The molecule has 0 radical (unpaired) electrons. The van der Waals surface area contributed by atoms with Gasteiger partial charge in [0.15, 0.2) is 11.5 Å². The van der Waals surface area contributed by atoms with Gasteiger partial charge in [-0.15, -0.1) is 0 Å². The second-order valence-corrected chi connectivity index (χ2v) is 6.52. The molecule has 2 N–H and O–H groups in total. The van der Waals surface area contributed by atoms with Crippen LogP contribution in [-0.4, -0.2) is 38.9 Å². The summed E-state index contributed by atoms with van der Waals surface area (Å²) in [5, 5.41) is 3.61. The smallest absolute Gasteiger partial charge is 0.229 e. The lowest BCUT2D eigenvalue weighted by molar-refractivity contribution is -0.120. The SMILES string of the molecule is O=C(Nc1ccc(Cl)cc1)[C@H]1CCCN(c2ncnc3nc[nH]c23)C1. The van der Waals surface area contributed by atoms with Gasteiger partial charge >= 0.3 is 0 Å². The first-order valence-electron chi connectivity index (χ1n) is 8.16. The van der Waals surface area contributed by atoms with Crippen molar-refractivity contribution in [1.82, 2.24) is 19.9 Å². The molecule has 2 aromatic heterocycles. The van der Waals surface area contributed by atoms with E-state index < -0.39 is 0 Å². The van der Waals surface area contributed by atoms with Crippen molar-refractivity contribution >= 4 is 40.2 Å². The fraction of sp³-hybridized carbons (Fsp3) is 0.294. The normalized spacial score (nSPS) is 17.6. The Labute approximate surface area is 149 Å². The highest BCUT2D eigenvalue weighted by atomic mass is 35.5. The molecule has 0 saturated carbocycles. The minimum Gasteiger partial charge on any atom is -0.354 e. The van der Waals surface area contributed by atoms with E-state index in [9.17, 15) is 4.79 Å². The first-order valence-corrected chi connectivity index (χ1v) is 8.54. The van der Waals surface area contributed by atoms with Gasteiger partial charge in [0.05, 0.1) is 12.2 Å². The van der Waals surface area contributed by atoms with Gasteiger partial charge in [-0.2, -0.15) is 0 Å². The Bertz CT molecular complexity index is 894. The highest BCUT2D eigenvalue weighted by Gasteiger charge is 2.28. The van der Waals surface area contributed by atoms with Crippen molar-refractivity contribution in [3.05, 3.63) is 41.9 Å². The summed E-state index contributed by atoms with van der Waals surface area (Å²) >= 11 is 5.88. The van der Waals surface area contributed by atoms with Crippen LogP contribution in [0.4, 0.5) is 11.5 Å². The fourth-order valence-electron chi connectivity index (χ4n) is 3.15. The van der Waals surface area contributed by atoms with Crippen LogP contribution in [0.1, 0.15) is 12.8 Å². The molecule has 1 fully saturated rings. The Morgan fingerprint density at radius 1 is 1.24 bits per heavy atom. The molecule has 1 atom stereocenters. The third kappa shape index (κ3) is 3.28. The number of amides is 1. The van der Waals surface area contributed by atoms with Crippen LogP contribution >= 0.6 is 11.6 Å². The van der Waals surface area contributed by atoms with Crippen LogP contribution in [0.15, 0.2) is 36.9 Å². The summed E-state index contributed by atoms with van der Waals surface area (Å²) in [6, 6.07) is 7.14. The molecule has 0 unspecified atom stereocenters. The molecule has 0 spiro atoms. The van der Waals surface area contributed by atoms with E-state index in [4.69, 9.17) is 11.6 Å². The van der Waals surface area contributed by atoms with Crippen LogP contribution in [0.25, 0.3) is 11.2 Å². The van der Waals surface area contributed by atoms with Crippen LogP contribution in [-0.2, 0) is 4.79 Å². The molecular formula is C17H17ClN6O. The van der Waals surface area contributed by atoms with Gasteiger partial charge in [0.25, 0.3) is 0 Å². The number of rotatable bonds is 3. The Morgan fingerprint density at radius 3 is 2.92 bits per heavy atom. The van der Waals surface area contributed by atoms with Crippen molar-refractivity contribution in [3.8, 4) is 0 Å². The van der Waals surface area contributed by atoms with Gasteiger partial charge in [-0.3, -0.25) is 4.79 Å². The summed E-state index contributed by atoms with van der Waals surface area (Å²) in [5.41, 5.74) is 2.20. The quantitative estimate of drug-likeness (QED) is 0.753. The summed E-state index contributed by atoms with van der Waals surface area (Å²) in [7, 11) is 0. The molecule has 1 aliphatic heterocycles. The van der Waals surface area contributed by atoms with E-state index >= 15 is 0 Å². The first-order chi connectivity index (χ1) is 12.2. The summed E-state index contributed by atoms with van der Waals surface area (Å²) in [6.07, 6.45) is 4.90. The van der Waals surface area contributed by atoms with Crippen molar-refractivity contribution in [1.29, 1.82) is 0 Å². The predicted molar refractivity (Wildman–Crippen MR) is 96.7 cm³/mol. The van der Waals surface area contributed by atoms with E-state index in [1.807, 2.05) is 0 Å². The fourth-order valence-corrected chi connectivity index (χ4v) is 3.28. The van der Waals surface area contributed by atoms with E-state index in [2.05, 4.69) is 30.2 Å². The molecule has 8 heteroatoms. The van der Waals surface area contributed by atoms with Crippen LogP contribution in [0.5, 0.6) is 0 Å². The van der Waals surface area contributed by atoms with E-state index in [-0.39, 0.29) is 11.8 Å². The molecule has 1 aliphatic rings. The number of aromatic nitrogens is 4. The number of hydrogen-bond donors (Lipinski definition) is 2. The molecule has 3 aromatic rings. The largest absolute Gasteiger partial charge is 0.354 e. The Hall–Kier alpha value is -2.67. The third-order valence-corrected chi connectivity index (χ3v) is 4.66. The molecule has 25 heavy (non-hydrogen) atoms. The minimum atomic E-state index is -0.0997. The van der Waals surface area contributed by atoms with Crippen LogP contribution in [0.3, 0.4) is 0 Å². The number of carbonyl (C=O) groups is 1. The maximum absolute atomic E-state index is 12.6. The zero-order chi connectivity index (χ0) is 17.2. The third-order valence-electron chi connectivity index (χ3n) is 4.41. The van der Waals surface area contributed by atoms with E-state index in [0.717, 1.165) is 36.4 Å². The molecule has 0 bridgehead atoms. The summed E-state index contributed by atoms with van der Waals surface area (Å²) < 4.78 is 0. The Balaban J connectivity index is 1.50. The van der Waals surface area contributed by atoms with Crippen molar-refractivity contribution in [2.75, 3.05) is 23.3 Å². The van der Waals surface area contributed by atoms with Gasteiger partial charge in [0.1, 0.15) is 11.8 Å². The molecule has 0 aliphatic carbocycles. The number of fused-ring (bicyclic) bond motifs is 1. The molecular weight excluding hydrogens is 340 g/mol. The topological polar surface area (TPSA) is 86.8 Å². The maximum Gasteiger partial charge on any atom is 0.229 e. The van der Waals surface area contributed by atoms with Crippen LogP contribution < -0.4 is 10.2 Å². The number of halogens is 1. The van der Waals surface area contributed by atoms with E-state index in [0.29, 0.717) is 17.2 Å². The second-order valence-electron chi connectivity index (χ2n) is 6.08. The number of anilines is 2. The molecule has 7 nitrogen and oxygen atoms in total. The number of aromatic amines is 1. The number of piperidine rings is 1. The Morgan fingerprint density at radius 2 is 2.08 bits per heavy atom. The lowest BCUT2D eigenvalue weighted by Crippen LogP contribution is -2.41. The van der Waals surface area contributed by atoms with Crippen molar-refractivity contribution in [2.45, 2.75) is 12.8 Å². The van der Waals surface area contributed by atoms with Gasteiger partial charge < -0.3 is 15.2 Å². The molecule has 4 rings (SSSR count). The number of carbonyl (C=O) groups excluding carboxylic acids is 1. The van der Waals surface area contributed by atoms with E-state index in [1.165, 1.54) is 6.33 Å². The molecule has 1 saturated heterocycles. The number of H-pyrrole nitrogens is 1. The zero-order valence-electron chi connectivity index (χ0n) is 13.4.